The number of benzene rings is 2. The highest BCUT2D eigenvalue weighted by atomic mass is 32.1. The summed E-state index contributed by atoms with van der Waals surface area (Å²) in [6.45, 7) is 1.69. The van der Waals surface area contributed by atoms with E-state index in [0.717, 1.165) is 4.88 Å². The Morgan fingerprint density at radius 1 is 1.00 bits per heavy atom. The zero-order chi connectivity index (χ0) is 21.7. The summed E-state index contributed by atoms with van der Waals surface area (Å²) in [5.41, 5.74) is 1.25. The molecule has 1 aromatic heterocycles. The fourth-order valence-corrected chi connectivity index (χ4v) is 3.56. The van der Waals surface area contributed by atoms with E-state index in [1.54, 1.807) is 43.3 Å². The minimum atomic E-state index is -0.885. The summed E-state index contributed by atoms with van der Waals surface area (Å²) in [4.78, 5) is 48.1. The van der Waals surface area contributed by atoms with Gasteiger partial charge in [-0.3, -0.25) is 24.5 Å². The van der Waals surface area contributed by atoms with Crippen molar-refractivity contribution in [2.24, 2.45) is 0 Å². The molecule has 8 nitrogen and oxygen atoms in total. The molecule has 0 aliphatic heterocycles. The average Bonchev–Trinajstić information content (AvgIpc) is 3.22. The second-order valence-electron chi connectivity index (χ2n) is 6.35. The molecule has 2 amide bonds. The number of nitro groups is 1. The summed E-state index contributed by atoms with van der Waals surface area (Å²) in [6.07, 6.45) is 0. The quantitative estimate of drug-likeness (QED) is 0.272. The molecule has 152 valence electrons. The van der Waals surface area contributed by atoms with Crippen LogP contribution in [0.1, 0.15) is 25.7 Å². The van der Waals surface area contributed by atoms with Gasteiger partial charge in [-0.05, 0) is 30.7 Å². The summed E-state index contributed by atoms with van der Waals surface area (Å²) in [5.74, 6) is -1.84. The van der Waals surface area contributed by atoms with Crippen molar-refractivity contribution in [2.45, 2.75) is 13.5 Å². The van der Waals surface area contributed by atoms with Gasteiger partial charge in [0.15, 0.2) is 0 Å². The topological polar surface area (TPSA) is 118 Å². The van der Waals surface area contributed by atoms with E-state index in [0.29, 0.717) is 21.7 Å². The lowest BCUT2D eigenvalue weighted by atomic mass is 10.1. The van der Waals surface area contributed by atoms with Crippen molar-refractivity contribution in [3.8, 4) is 0 Å². The lowest BCUT2D eigenvalue weighted by molar-refractivity contribution is -0.384. The molecule has 1 heterocycles. The average molecular weight is 423 g/mol. The lowest BCUT2D eigenvalue weighted by Crippen LogP contribution is -2.34. The Kier molecular flexibility index (Phi) is 6.33. The van der Waals surface area contributed by atoms with Gasteiger partial charge < -0.3 is 10.6 Å². The second kappa shape index (κ2) is 9.10. The van der Waals surface area contributed by atoms with Crippen molar-refractivity contribution in [2.75, 3.05) is 5.32 Å². The zero-order valence-corrected chi connectivity index (χ0v) is 16.7. The molecule has 3 aromatic rings. The molecule has 9 heteroatoms. The maximum absolute atomic E-state index is 12.4. The molecule has 0 saturated carbocycles. The van der Waals surface area contributed by atoms with Crippen LogP contribution in [0.15, 0.2) is 60.7 Å². The Morgan fingerprint density at radius 2 is 1.73 bits per heavy atom. The summed E-state index contributed by atoms with van der Waals surface area (Å²) in [6, 6.07) is 16.2. The van der Waals surface area contributed by atoms with Crippen molar-refractivity contribution in [3.63, 3.8) is 0 Å². The minimum Gasteiger partial charge on any atom is -0.343 e. The number of hydrogen-bond donors (Lipinski definition) is 2. The van der Waals surface area contributed by atoms with Crippen LogP contribution in [0, 0.1) is 17.0 Å². The first-order valence-electron chi connectivity index (χ1n) is 8.88. The van der Waals surface area contributed by atoms with Gasteiger partial charge in [0.1, 0.15) is 0 Å². The Hall–Kier alpha value is -3.85. The number of carbonyl (C=O) groups excluding carboxylic acids is 3. The van der Waals surface area contributed by atoms with Gasteiger partial charge in [-0.2, -0.15) is 0 Å². The van der Waals surface area contributed by atoms with Gasteiger partial charge in [0.2, 0.25) is 5.78 Å². The van der Waals surface area contributed by atoms with Gasteiger partial charge >= 0.3 is 11.8 Å². The number of amides is 2. The fourth-order valence-electron chi connectivity index (χ4n) is 2.66. The molecule has 0 aliphatic rings. The van der Waals surface area contributed by atoms with E-state index in [9.17, 15) is 24.5 Å². The van der Waals surface area contributed by atoms with Crippen molar-refractivity contribution in [3.05, 3.63) is 91.7 Å². The zero-order valence-electron chi connectivity index (χ0n) is 15.9. The smallest absolute Gasteiger partial charge is 0.313 e. The molecule has 30 heavy (non-hydrogen) atoms. The van der Waals surface area contributed by atoms with Crippen molar-refractivity contribution >= 4 is 40.3 Å². The number of rotatable bonds is 6. The number of carbonyl (C=O) groups is 3. The molecular weight excluding hydrogens is 406 g/mol. The van der Waals surface area contributed by atoms with Crippen molar-refractivity contribution in [1.29, 1.82) is 0 Å². The fraction of sp³-hybridized carbons (Fsp3) is 0.0952. The van der Waals surface area contributed by atoms with E-state index >= 15 is 0 Å². The second-order valence-corrected chi connectivity index (χ2v) is 7.52. The molecule has 0 unspecified atom stereocenters. The van der Waals surface area contributed by atoms with Crippen LogP contribution in [0.5, 0.6) is 0 Å². The Balaban J connectivity index is 1.57. The number of non-ortho nitro benzene ring substituents is 1. The van der Waals surface area contributed by atoms with E-state index in [2.05, 4.69) is 10.6 Å². The first-order valence-corrected chi connectivity index (χ1v) is 9.69. The molecule has 0 fully saturated rings. The van der Waals surface area contributed by atoms with E-state index in [1.165, 1.54) is 29.5 Å². The predicted molar refractivity (Wildman–Crippen MR) is 113 cm³/mol. The Morgan fingerprint density at radius 3 is 2.40 bits per heavy atom. The molecule has 0 radical (unpaired) electrons. The van der Waals surface area contributed by atoms with E-state index < -0.39 is 16.7 Å². The van der Waals surface area contributed by atoms with E-state index in [-0.39, 0.29) is 18.0 Å². The third kappa shape index (κ3) is 4.95. The molecule has 0 aliphatic carbocycles. The molecule has 2 aromatic carbocycles. The molecule has 0 atom stereocenters. The van der Waals surface area contributed by atoms with E-state index in [4.69, 9.17) is 0 Å². The number of hydrogen-bond acceptors (Lipinski definition) is 6. The van der Waals surface area contributed by atoms with Gasteiger partial charge in [-0.25, -0.2) is 0 Å². The van der Waals surface area contributed by atoms with E-state index in [1.807, 2.05) is 6.07 Å². The lowest BCUT2D eigenvalue weighted by Gasteiger charge is -2.08. The first kappa shape index (κ1) is 20.9. The third-order valence-corrected chi connectivity index (χ3v) is 5.30. The number of nitrogens with one attached hydrogen (secondary N) is 2. The predicted octanol–water partition coefficient (Wildman–Crippen LogP) is 3.45. The monoisotopic (exact) mass is 423 g/mol. The maximum atomic E-state index is 12.4. The largest absolute Gasteiger partial charge is 0.343 e. The highest BCUT2D eigenvalue weighted by Gasteiger charge is 2.17. The van der Waals surface area contributed by atoms with Gasteiger partial charge in [0.25, 0.3) is 5.69 Å². The molecule has 0 spiro atoms. The summed E-state index contributed by atoms with van der Waals surface area (Å²) in [5, 5.41) is 15.7. The van der Waals surface area contributed by atoms with Crippen molar-refractivity contribution in [1.82, 2.24) is 5.32 Å². The van der Waals surface area contributed by atoms with Crippen LogP contribution in [0.2, 0.25) is 0 Å². The highest BCUT2D eigenvalue weighted by molar-refractivity contribution is 7.14. The van der Waals surface area contributed by atoms with Crippen LogP contribution in [-0.2, 0) is 16.1 Å². The highest BCUT2D eigenvalue weighted by Crippen LogP contribution is 2.22. The first-order chi connectivity index (χ1) is 14.3. The third-order valence-electron chi connectivity index (χ3n) is 4.22. The summed E-state index contributed by atoms with van der Waals surface area (Å²) >= 11 is 1.24. The van der Waals surface area contributed by atoms with Crippen LogP contribution in [0.4, 0.5) is 11.4 Å². The summed E-state index contributed by atoms with van der Waals surface area (Å²) in [7, 11) is 0. The number of ketones is 1. The number of aryl methyl sites for hydroxylation is 1. The molecule has 0 bridgehead atoms. The van der Waals surface area contributed by atoms with Gasteiger partial charge in [-0.15, -0.1) is 11.3 Å². The van der Waals surface area contributed by atoms with Crippen LogP contribution in [0.25, 0.3) is 0 Å². The van der Waals surface area contributed by atoms with Gasteiger partial charge in [0, 0.05) is 28.3 Å². The standard InChI is InChI=1S/C21H17N3O5S/c1-13-11-15(24(28)29)7-9-17(13)23-21(27)20(26)22-12-16-8-10-18(30-16)19(25)14-5-3-2-4-6-14/h2-11H,12H2,1H3,(H,22,26)(H,23,27). The van der Waals surface area contributed by atoms with Gasteiger partial charge in [-0.1, -0.05) is 30.3 Å². The number of nitro benzene ring substituents is 1. The SMILES string of the molecule is Cc1cc([N+](=O)[O-])ccc1NC(=O)C(=O)NCc1ccc(C(=O)c2ccccc2)s1. The van der Waals surface area contributed by atoms with Crippen LogP contribution >= 0.6 is 11.3 Å². The van der Waals surface area contributed by atoms with Crippen LogP contribution in [-0.4, -0.2) is 22.5 Å². The maximum Gasteiger partial charge on any atom is 0.313 e. The normalized spacial score (nSPS) is 10.3. The molecule has 2 N–H and O–H groups in total. The van der Waals surface area contributed by atoms with Crippen LogP contribution < -0.4 is 10.6 Å². The molecular formula is C21H17N3O5S. The van der Waals surface area contributed by atoms with Gasteiger partial charge in [0.05, 0.1) is 16.3 Å². The molecule has 0 saturated heterocycles. The number of nitrogens with zero attached hydrogens (tertiary/aromatic N) is 1. The Labute approximate surface area is 175 Å². The van der Waals surface area contributed by atoms with Crippen molar-refractivity contribution < 1.29 is 19.3 Å². The van der Waals surface area contributed by atoms with Crippen LogP contribution in [0.3, 0.4) is 0 Å². The summed E-state index contributed by atoms with van der Waals surface area (Å²) < 4.78 is 0. The Bertz CT molecular complexity index is 1120. The molecule has 3 rings (SSSR count). The number of anilines is 1. The minimum absolute atomic E-state index is 0.0955. The number of thiophene rings is 1.